The normalized spacial score (nSPS) is 12.1. The van der Waals surface area contributed by atoms with Crippen LogP contribution in [0.15, 0.2) is 30.3 Å². The highest BCUT2D eigenvalue weighted by Gasteiger charge is 2.05. The molecule has 0 radical (unpaired) electrons. The zero-order chi connectivity index (χ0) is 8.81. The summed E-state index contributed by atoms with van der Waals surface area (Å²) >= 11 is 0. The summed E-state index contributed by atoms with van der Waals surface area (Å²) in [5.74, 6) is 0. The van der Waals surface area contributed by atoms with Gasteiger partial charge in [0.05, 0.1) is 0 Å². The standard InChI is InChI=1S/C9H10O3/c10-7-12-6-9(11)8-4-2-1-3-5-8/h1-5,7,9,11H,6H2. The first-order chi connectivity index (χ1) is 5.84. The van der Waals surface area contributed by atoms with E-state index in [2.05, 4.69) is 4.74 Å². The van der Waals surface area contributed by atoms with Crippen LogP contribution >= 0.6 is 0 Å². The molecule has 0 amide bonds. The van der Waals surface area contributed by atoms with Gasteiger partial charge >= 0.3 is 0 Å². The summed E-state index contributed by atoms with van der Waals surface area (Å²) in [5.41, 5.74) is 0.749. The smallest absolute Gasteiger partial charge is 0.293 e. The van der Waals surface area contributed by atoms with Crippen molar-refractivity contribution < 1.29 is 14.6 Å². The first-order valence-electron chi connectivity index (χ1n) is 3.63. The van der Waals surface area contributed by atoms with Gasteiger partial charge in [-0.3, -0.25) is 4.79 Å². The number of rotatable bonds is 4. The Bertz CT molecular complexity index is 233. The minimum atomic E-state index is -0.726. The minimum absolute atomic E-state index is 0.00745. The Kier molecular flexibility index (Phi) is 3.29. The maximum Gasteiger partial charge on any atom is 0.293 e. The molecular weight excluding hydrogens is 156 g/mol. The van der Waals surface area contributed by atoms with Crippen LogP contribution < -0.4 is 0 Å². The zero-order valence-electron chi connectivity index (χ0n) is 6.51. The number of hydrogen-bond acceptors (Lipinski definition) is 3. The highest BCUT2D eigenvalue weighted by atomic mass is 16.5. The van der Waals surface area contributed by atoms with Crippen LogP contribution in [0, 0.1) is 0 Å². The number of aliphatic hydroxyl groups is 1. The third kappa shape index (κ3) is 2.36. The van der Waals surface area contributed by atoms with Gasteiger partial charge in [-0.15, -0.1) is 0 Å². The number of ether oxygens (including phenoxy) is 1. The predicted octanol–water partition coefficient (Wildman–Crippen LogP) is 0.893. The van der Waals surface area contributed by atoms with Crippen molar-refractivity contribution in [2.24, 2.45) is 0 Å². The van der Waals surface area contributed by atoms with Crippen LogP contribution in [0.2, 0.25) is 0 Å². The second-order valence-corrected chi connectivity index (χ2v) is 2.36. The lowest BCUT2D eigenvalue weighted by molar-refractivity contribution is -0.131. The lowest BCUT2D eigenvalue weighted by atomic mass is 10.1. The van der Waals surface area contributed by atoms with E-state index < -0.39 is 6.10 Å². The van der Waals surface area contributed by atoms with E-state index >= 15 is 0 Å². The second-order valence-electron chi connectivity index (χ2n) is 2.36. The van der Waals surface area contributed by atoms with E-state index in [1.165, 1.54) is 0 Å². The molecule has 1 aromatic carbocycles. The Morgan fingerprint density at radius 3 is 2.67 bits per heavy atom. The van der Waals surface area contributed by atoms with Gasteiger partial charge < -0.3 is 9.84 Å². The molecule has 0 aliphatic heterocycles. The molecule has 0 saturated heterocycles. The van der Waals surface area contributed by atoms with Gasteiger partial charge in [0.25, 0.3) is 6.47 Å². The lowest BCUT2D eigenvalue weighted by Gasteiger charge is -2.08. The van der Waals surface area contributed by atoms with Gasteiger partial charge in [0.15, 0.2) is 0 Å². The molecule has 1 N–H and O–H groups in total. The number of carbonyl (C=O) groups excluding carboxylic acids is 1. The Labute approximate surface area is 70.6 Å². The lowest BCUT2D eigenvalue weighted by Crippen LogP contribution is -2.05. The van der Waals surface area contributed by atoms with Gasteiger partial charge in [0.1, 0.15) is 12.7 Å². The molecular formula is C9H10O3. The third-order valence-electron chi connectivity index (χ3n) is 1.51. The first-order valence-corrected chi connectivity index (χ1v) is 3.63. The van der Waals surface area contributed by atoms with Crippen molar-refractivity contribution in [3.8, 4) is 0 Å². The molecule has 0 aliphatic carbocycles. The molecule has 0 heterocycles. The van der Waals surface area contributed by atoms with Crippen molar-refractivity contribution in [1.29, 1.82) is 0 Å². The summed E-state index contributed by atoms with van der Waals surface area (Å²) < 4.78 is 4.42. The van der Waals surface area contributed by atoms with Crippen molar-refractivity contribution in [2.45, 2.75) is 6.10 Å². The molecule has 1 atom stereocenters. The van der Waals surface area contributed by atoms with Crippen molar-refractivity contribution in [1.82, 2.24) is 0 Å². The fourth-order valence-electron chi connectivity index (χ4n) is 0.902. The Hall–Kier alpha value is -1.35. The van der Waals surface area contributed by atoms with Crippen molar-refractivity contribution in [3.63, 3.8) is 0 Å². The molecule has 1 rings (SSSR count). The van der Waals surface area contributed by atoms with Gasteiger partial charge in [-0.05, 0) is 5.56 Å². The van der Waals surface area contributed by atoms with E-state index in [0.717, 1.165) is 5.56 Å². The number of carbonyl (C=O) groups is 1. The van der Waals surface area contributed by atoms with Gasteiger partial charge in [-0.1, -0.05) is 30.3 Å². The highest BCUT2D eigenvalue weighted by Crippen LogP contribution is 2.11. The molecule has 0 saturated carbocycles. The summed E-state index contributed by atoms with van der Waals surface area (Å²) in [6.45, 7) is 0.333. The quantitative estimate of drug-likeness (QED) is 0.676. The molecule has 0 aliphatic rings. The van der Waals surface area contributed by atoms with Crippen LogP contribution in [-0.2, 0) is 9.53 Å². The number of benzene rings is 1. The maximum absolute atomic E-state index is 9.81. The summed E-state index contributed by atoms with van der Waals surface area (Å²) in [6.07, 6.45) is -0.726. The van der Waals surface area contributed by atoms with Gasteiger partial charge in [-0.2, -0.15) is 0 Å². The van der Waals surface area contributed by atoms with Crippen LogP contribution in [0.5, 0.6) is 0 Å². The van der Waals surface area contributed by atoms with E-state index in [4.69, 9.17) is 0 Å². The fraction of sp³-hybridized carbons (Fsp3) is 0.222. The van der Waals surface area contributed by atoms with Gasteiger partial charge in [0.2, 0.25) is 0 Å². The summed E-state index contributed by atoms with van der Waals surface area (Å²) in [4.78, 5) is 9.81. The largest absolute Gasteiger partial charge is 0.465 e. The highest BCUT2D eigenvalue weighted by molar-refractivity contribution is 5.37. The van der Waals surface area contributed by atoms with Gasteiger partial charge in [0, 0.05) is 0 Å². The predicted molar refractivity (Wildman–Crippen MR) is 43.4 cm³/mol. The molecule has 0 aromatic heterocycles. The SMILES string of the molecule is O=COCC(O)c1ccccc1. The first kappa shape index (κ1) is 8.74. The summed E-state index contributed by atoms with van der Waals surface area (Å²) in [6, 6.07) is 9.05. The van der Waals surface area contributed by atoms with Crippen LogP contribution in [0.3, 0.4) is 0 Å². The molecule has 12 heavy (non-hydrogen) atoms. The van der Waals surface area contributed by atoms with E-state index in [1.54, 1.807) is 12.1 Å². The molecule has 3 heteroatoms. The average molecular weight is 166 g/mol. The molecule has 0 fully saturated rings. The summed E-state index contributed by atoms with van der Waals surface area (Å²) in [7, 11) is 0. The summed E-state index contributed by atoms with van der Waals surface area (Å²) in [5, 5.41) is 9.37. The van der Waals surface area contributed by atoms with Gasteiger partial charge in [-0.25, -0.2) is 0 Å². The molecule has 0 bridgehead atoms. The Balaban J connectivity index is 2.53. The van der Waals surface area contributed by atoms with Crippen molar-refractivity contribution in [3.05, 3.63) is 35.9 Å². The van der Waals surface area contributed by atoms with Crippen LogP contribution in [0.4, 0.5) is 0 Å². The molecule has 1 unspecified atom stereocenters. The van der Waals surface area contributed by atoms with Crippen molar-refractivity contribution >= 4 is 6.47 Å². The Morgan fingerprint density at radius 2 is 2.08 bits per heavy atom. The van der Waals surface area contributed by atoms with E-state index in [-0.39, 0.29) is 6.61 Å². The molecule has 1 aromatic rings. The topological polar surface area (TPSA) is 46.5 Å². The zero-order valence-corrected chi connectivity index (χ0v) is 6.51. The average Bonchev–Trinajstić information content (AvgIpc) is 2.15. The monoisotopic (exact) mass is 166 g/mol. The fourth-order valence-corrected chi connectivity index (χ4v) is 0.902. The number of hydrogen-bond donors (Lipinski definition) is 1. The van der Waals surface area contributed by atoms with Crippen LogP contribution in [-0.4, -0.2) is 18.2 Å². The third-order valence-corrected chi connectivity index (χ3v) is 1.51. The molecule has 3 nitrogen and oxygen atoms in total. The number of aliphatic hydroxyl groups excluding tert-OH is 1. The minimum Gasteiger partial charge on any atom is -0.465 e. The van der Waals surface area contributed by atoms with E-state index in [1.807, 2.05) is 18.2 Å². The molecule has 64 valence electrons. The Morgan fingerprint density at radius 1 is 1.42 bits per heavy atom. The maximum atomic E-state index is 9.81. The second kappa shape index (κ2) is 4.51. The van der Waals surface area contributed by atoms with Crippen LogP contribution in [0.1, 0.15) is 11.7 Å². The molecule has 0 spiro atoms. The van der Waals surface area contributed by atoms with E-state index in [0.29, 0.717) is 6.47 Å². The van der Waals surface area contributed by atoms with E-state index in [9.17, 15) is 9.90 Å². The van der Waals surface area contributed by atoms with Crippen LogP contribution in [0.25, 0.3) is 0 Å². The van der Waals surface area contributed by atoms with Crippen molar-refractivity contribution in [2.75, 3.05) is 6.61 Å².